The van der Waals surface area contributed by atoms with Crippen molar-refractivity contribution in [3.63, 3.8) is 0 Å². The topological polar surface area (TPSA) is 180 Å². The van der Waals surface area contributed by atoms with Crippen molar-refractivity contribution in [2.75, 3.05) is 48.8 Å². The molecule has 1 saturated heterocycles. The number of fused-ring (bicyclic) bond motifs is 2. The third kappa shape index (κ3) is 7.86. The number of aryl methyl sites for hydroxylation is 1. The predicted octanol–water partition coefficient (Wildman–Crippen LogP) is 6.31. The highest BCUT2D eigenvalue weighted by atomic mass is 35.5. The minimum atomic E-state index is -0.803. The highest BCUT2D eigenvalue weighted by Gasteiger charge is 2.19. The Morgan fingerprint density at radius 2 is 1.21 bits per heavy atom. The lowest BCUT2D eigenvalue weighted by Gasteiger charge is -2.33. The minimum absolute atomic E-state index is 0.0715. The average Bonchev–Trinajstić information content (AvgIpc) is 3.82. The molecular formula is C38H30ClF3N16. The van der Waals surface area contributed by atoms with Gasteiger partial charge in [-0.1, -0.05) is 11.6 Å². The van der Waals surface area contributed by atoms with Crippen molar-refractivity contribution in [2.45, 2.75) is 6.92 Å². The van der Waals surface area contributed by atoms with E-state index in [0.717, 1.165) is 56.2 Å². The second-order valence-electron chi connectivity index (χ2n) is 13.1. The fourth-order valence-corrected chi connectivity index (χ4v) is 6.47. The molecule has 7 aromatic heterocycles. The number of anilines is 5. The fraction of sp³-hybridized carbons (Fsp3) is 0.158. The van der Waals surface area contributed by atoms with Crippen LogP contribution in [0.15, 0.2) is 86.2 Å². The van der Waals surface area contributed by atoms with Crippen LogP contribution in [0.2, 0.25) is 5.02 Å². The SMILES string of the molecule is CN1CCN(c2cc(Nc3cc4c(cn3)cnn4-c3c(F)cc(C#N)cc3Cl)ncn2)CC1.Cc1cc(Nc2cc3c(cn2)cnn3-c2c(F)cncc2F)ncn1. The minimum Gasteiger partial charge on any atom is -0.354 e. The smallest absolute Gasteiger partial charge is 0.170 e. The molecule has 0 bridgehead atoms. The zero-order chi connectivity index (χ0) is 40.3. The summed E-state index contributed by atoms with van der Waals surface area (Å²) in [6, 6.07) is 11.5. The lowest BCUT2D eigenvalue weighted by atomic mass is 10.2. The molecule has 1 aliphatic rings. The van der Waals surface area contributed by atoms with Gasteiger partial charge in [-0.25, -0.2) is 52.4 Å². The largest absolute Gasteiger partial charge is 0.354 e. The molecule has 0 atom stereocenters. The molecule has 8 heterocycles. The molecule has 1 aromatic carbocycles. The van der Waals surface area contributed by atoms with E-state index >= 15 is 0 Å². The molecule has 16 nitrogen and oxygen atoms in total. The first kappa shape index (κ1) is 37.6. The molecule has 0 unspecified atom stereocenters. The number of benzene rings is 1. The van der Waals surface area contributed by atoms with E-state index < -0.39 is 17.5 Å². The highest BCUT2D eigenvalue weighted by Crippen LogP contribution is 2.30. The maximum Gasteiger partial charge on any atom is 0.170 e. The molecule has 1 fully saturated rings. The molecule has 58 heavy (non-hydrogen) atoms. The standard InChI is InChI=1S/C22H19ClFN9.C16H11F2N7/c1-31-2-4-32(5-3-31)21-9-20(27-13-28-21)30-19-8-18-15(11-26-19)12-29-33(18)22-16(23)6-14(10-25)7-17(22)24;1-9-2-14(22-8-21-9)24-15-3-13-10(4-20-15)5-23-25(13)16-11(17)6-19-7-12(16)18/h6-9,11-13H,2-5H2,1H3,(H,26,27,28,30);2-8H,1H3,(H,20,21,22,24). The summed E-state index contributed by atoms with van der Waals surface area (Å²) >= 11 is 6.27. The number of halogens is 4. The normalized spacial score (nSPS) is 12.9. The van der Waals surface area contributed by atoms with Gasteiger partial charge >= 0.3 is 0 Å². The number of hydrogen-bond donors (Lipinski definition) is 2. The van der Waals surface area contributed by atoms with Crippen LogP contribution < -0.4 is 15.5 Å². The number of nitrogens with one attached hydrogen (secondary N) is 2. The third-order valence-corrected chi connectivity index (χ3v) is 9.39. The van der Waals surface area contributed by atoms with Crippen LogP contribution in [0.3, 0.4) is 0 Å². The van der Waals surface area contributed by atoms with Gasteiger partial charge in [-0.05, 0) is 26.1 Å². The first-order valence-electron chi connectivity index (χ1n) is 17.6. The van der Waals surface area contributed by atoms with Crippen LogP contribution >= 0.6 is 11.6 Å². The number of pyridine rings is 3. The summed E-state index contributed by atoms with van der Waals surface area (Å²) in [4.78, 5) is 33.5. The molecule has 0 amide bonds. The van der Waals surface area contributed by atoms with Crippen LogP contribution in [0.25, 0.3) is 33.2 Å². The zero-order valence-electron chi connectivity index (χ0n) is 30.7. The number of nitrogens with zero attached hydrogens (tertiary/aromatic N) is 14. The number of aromatic nitrogens is 11. The van der Waals surface area contributed by atoms with Crippen LogP contribution in [-0.2, 0) is 0 Å². The Kier molecular flexibility index (Phi) is 10.4. The lowest BCUT2D eigenvalue weighted by molar-refractivity contribution is 0.312. The van der Waals surface area contributed by atoms with E-state index in [1.54, 1.807) is 36.8 Å². The van der Waals surface area contributed by atoms with Gasteiger partial charge in [-0.15, -0.1) is 0 Å². The number of nitriles is 1. The number of rotatable bonds is 7. The molecule has 0 spiro atoms. The zero-order valence-corrected chi connectivity index (χ0v) is 31.4. The van der Waals surface area contributed by atoms with E-state index in [9.17, 15) is 13.2 Å². The van der Waals surface area contributed by atoms with Crippen molar-refractivity contribution in [3.05, 3.63) is 120 Å². The van der Waals surface area contributed by atoms with Crippen molar-refractivity contribution in [1.82, 2.24) is 59.3 Å². The van der Waals surface area contributed by atoms with Crippen LogP contribution in [0, 0.1) is 35.7 Å². The van der Waals surface area contributed by atoms with Gasteiger partial charge in [0.15, 0.2) is 17.5 Å². The summed E-state index contributed by atoms with van der Waals surface area (Å²) in [5, 5.41) is 25.0. The van der Waals surface area contributed by atoms with Crippen molar-refractivity contribution in [3.8, 4) is 17.4 Å². The summed E-state index contributed by atoms with van der Waals surface area (Å²) in [5.41, 5.74) is 1.81. The quantitative estimate of drug-likeness (QED) is 0.183. The molecule has 1 aliphatic heterocycles. The van der Waals surface area contributed by atoms with Crippen LogP contribution in [0.5, 0.6) is 0 Å². The maximum absolute atomic E-state index is 14.7. The van der Waals surface area contributed by atoms with Gasteiger partial charge in [0, 0.05) is 79.3 Å². The van der Waals surface area contributed by atoms with Gasteiger partial charge in [0.1, 0.15) is 53.1 Å². The second kappa shape index (κ2) is 16.0. The van der Waals surface area contributed by atoms with Gasteiger partial charge in [0.2, 0.25) is 0 Å². The van der Waals surface area contributed by atoms with Gasteiger partial charge in [-0.2, -0.15) is 15.5 Å². The summed E-state index contributed by atoms with van der Waals surface area (Å²) in [5.74, 6) is 0.734. The van der Waals surface area contributed by atoms with Gasteiger partial charge < -0.3 is 20.4 Å². The predicted molar refractivity (Wildman–Crippen MR) is 210 cm³/mol. The summed E-state index contributed by atoms with van der Waals surface area (Å²) in [6.45, 7) is 5.58. The molecule has 0 saturated carbocycles. The van der Waals surface area contributed by atoms with Gasteiger partial charge in [-0.3, -0.25) is 4.98 Å². The molecule has 8 aromatic rings. The second-order valence-corrected chi connectivity index (χ2v) is 13.5. The molecule has 0 radical (unpaired) electrons. The molecule has 290 valence electrons. The van der Waals surface area contributed by atoms with E-state index in [-0.39, 0.29) is 22.0 Å². The molecular weight excluding hydrogens is 773 g/mol. The summed E-state index contributed by atoms with van der Waals surface area (Å²) in [6.07, 6.45) is 11.1. The van der Waals surface area contributed by atoms with E-state index in [1.165, 1.54) is 34.3 Å². The molecule has 9 rings (SSSR count). The molecule has 2 N–H and O–H groups in total. The van der Waals surface area contributed by atoms with E-state index in [4.69, 9.17) is 16.9 Å². The third-order valence-electron chi connectivity index (χ3n) is 9.10. The first-order valence-corrected chi connectivity index (χ1v) is 18.0. The summed E-state index contributed by atoms with van der Waals surface area (Å²) in [7, 11) is 2.10. The number of piperazine rings is 1. The van der Waals surface area contributed by atoms with E-state index in [1.807, 2.05) is 19.1 Å². The van der Waals surface area contributed by atoms with Crippen LogP contribution in [-0.4, -0.2) is 92.6 Å². The Hall–Kier alpha value is -7.30. The lowest BCUT2D eigenvalue weighted by Crippen LogP contribution is -2.44. The number of hydrogen-bond acceptors (Lipinski definition) is 14. The van der Waals surface area contributed by atoms with Crippen molar-refractivity contribution < 1.29 is 13.2 Å². The number of likely N-dealkylation sites (N-methyl/N-ethyl adjacent to an activating group) is 1. The Morgan fingerprint density at radius 1 is 0.638 bits per heavy atom. The molecule has 20 heteroatoms. The Bertz CT molecular complexity index is 2790. The van der Waals surface area contributed by atoms with E-state index in [0.29, 0.717) is 45.1 Å². The highest BCUT2D eigenvalue weighted by molar-refractivity contribution is 6.32. The Balaban J connectivity index is 0.000000168. The maximum atomic E-state index is 14.7. The molecule has 0 aliphatic carbocycles. The van der Waals surface area contributed by atoms with Gasteiger partial charge in [0.05, 0.1) is 52.5 Å². The van der Waals surface area contributed by atoms with Crippen LogP contribution in [0.4, 0.5) is 42.3 Å². The Morgan fingerprint density at radius 3 is 1.79 bits per heavy atom. The Labute approximate surface area is 332 Å². The summed E-state index contributed by atoms with van der Waals surface area (Å²) < 4.78 is 45.4. The van der Waals surface area contributed by atoms with Crippen LogP contribution in [0.1, 0.15) is 11.3 Å². The van der Waals surface area contributed by atoms with Gasteiger partial charge in [0.25, 0.3) is 0 Å². The average molecular weight is 803 g/mol. The first-order chi connectivity index (χ1) is 28.1. The van der Waals surface area contributed by atoms with Crippen molar-refractivity contribution in [1.29, 1.82) is 5.26 Å². The van der Waals surface area contributed by atoms with Crippen molar-refractivity contribution >= 4 is 62.5 Å². The monoisotopic (exact) mass is 802 g/mol. The van der Waals surface area contributed by atoms with Crippen molar-refractivity contribution in [2.24, 2.45) is 0 Å². The van der Waals surface area contributed by atoms with E-state index in [2.05, 4.69) is 72.6 Å². The fourth-order valence-electron chi connectivity index (χ4n) is 6.18.